The third kappa shape index (κ3) is 2.52. The van der Waals surface area contributed by atoms with Gasteiger partial charge in [0.25, 0.3) is 11.6 Å². The minimum atomic E-state index is -0.579. The van der Waals surface area contributed by atoms with Crippen molar-refractivity contribution in [2.24, 2.45) is 0 Å². The molecule has 1 aliphatic rings. The van der Waals surface area contributed by atoms with Gasteiger partial charge in [0.1, 0.15) is 11.3 Å². The van der Waals surface area contributed by atoms with Gasteiger partial charge in [-0.2, -0.15) is 0 Å². The normalized spacial score (nSPS) is 14.2. The summed E-state index contributed by atoms with van der Waals surface area (Å²) in [6.45, 7) is 0. The Bertz CT molecular complexity index is 469. The molecule has 0 aromatic heterocycles. The number of nitrogens with one attached hydrogen (secondary N) is 1. The first-order chi connectivity index (χ1) is 8.11. The standard InChI is InChI=1S/C11H12N2O4/c1-12-11(14)9-5-4-8(17-7-2-3-7)6-10(9)13(15)16/h4-7H,2-3H2,1H3,(H,12,14). The molecule has 1 saturated carbocycles. The van der Waals surface area contributed by atoms with Gasteiger partial charge in [-0.25, -0.2) is 0 Å². The van der Waals surface area contributed by atoms with Crippen molar-refractivity contribution >= 4 is 11.6 Å². The highest BCUT2D eigenvalue weighted by Gasteiger charge is 2.26. The summed E-state index contributed by atoms with van der Waals surface area (Å²) in [5.74, 6) is -0.0403. The average molecular weight is 236 g/mol. The molecule has 0 atom stereocenters. The fourth-order valence-corrected chi connectivity index (χ4v) is 1.44. The molecule has 0 spiro atoms. The van der Waals surface area contributed by atoms with Crippen LogP contribution in [0.1, 0.15) is 23.2 Å². The highest BCUT2D eigenvalue weighted by Crippen LogP contribution is 2.30. The maximum atomic E-state index is 11.4. The van der Waals surface area contributed by atoms with Crippen molar-refractivity contribution in [1.82, 2.24) is 5.32 Å². The number of amides is 1. The van der Waals surface area contributed by atoms with Crippen LogP contribution in [-0.2, 0) is 0 Å². The SMILES string of the molecule is CNC(=O)c1ccc(OC2CC2)cc1[N+](=O)[O-]. The molecular weight excluding hydrogens is 224 g/mol. The van der Waals surface area contributed by atoms with E-state index in [-0.39, 0.29) is 17.4 Å². The molecule has 90 valence electrons. The number of ether oxygens (including phenoxy) is 1. The van der Waals surface area contributed by atoms with Crippen molar-refractivity contribution in [2.75, 3.05) is 7.05 Å². The molecule has 1 aromatic carbocycles. The molecule has 17 heavy (non-hydrogen) atoms. The van der Waals surface area contributed by atoms with Gasteiger partial charge in [0.05, 0.1) is 17.1 Å². The third-order valence-corrected chi connectivity index (χ3v) is 2.46. The molecule has 1 fully saturated rings. The van der Waals surface area contributed by atoms with E-state index in [1.165, 1.54) is 19.2 Å². The van der Waals surface area contributed by atoms with E-state index in [4.69, 9.17) is 4.74 Å². The number of carbonyl (C=O) groups excluding carboxylic acids is 1. The van der Waals surface area contributed by atoms with Crippen molar-refractivity contribution < 1.29 is 14.5 Å². The van der Waals surface area contributed by atoms with Gasteiger partial charge >= 0.3 is 0 Å². The van der Waals surface area contributed by atoms with Crippen LogP contribution in [0.4, 0.5) is 5.69 Å². The van der Waals surface area contributed by atoms with E-state index in [1.807, 2.05) is 0 Å². The molecule has 0 aliphatic heterocycles. The van der Waals surface area contributed by atoms with Gasteiger partial charge in [0.15, 0.2) is 0 Å². The molecule has 2 rings (SSSR count). The maximum absolute atomic E-state index is 11.4. The van der Waals surface area contributed by atoms with Crippen molar-refractivity contribution in [2.45, 2.75) is 18.9 Å². The highest BCUT2D eigenvalue weighted by atomic mass is 16.6. The lowest BCUT2D eigenvalue weighted by atomic mass is 10.1. The van der Waals surface area contributed by atoms with E-state index in [9.17, 15) is 14.9 Å². The van der Waals surface area contributed by atoms with Crippen LogP contribution in [0, 0.1) is 10.1 Å². The molecule has 0 heterocycles. The number of rotatable bonds is 4. The van der Waals surface area contributed by atoms with Gasteiger partial charge in [0.2, 0.25) is 0 Å². The van der Waals surface area contributed by atoms with E-state index >= 15 is 0 Å². The number of benzene rings is 1. The van der Waals surface area contributed by atoms with Gasteiger partial charge < -0.3 is 10.1 Å². The minimum Gasteiger partial charge on any atom is -0.490 e. The molecule has 1 aromatic rings. The first-order valence-corrected chi connectivity index (χ1v) is 5.29. The summed E-state index contributed by atoms with van der Waals surface area (Å²) in [7, 11) is 1.43. The number of nitrogens with zero attached hydrogens (tertiary/aromatic N) is 1. The first kappa shape index (κ1) is 11.4. The summed E-state index contributed by atoms with van der Waals surface area (Å²) in [4.78, 5) is 21.7. The number of nitro groups is 1. The lowest BCUT2D eigenvalue weighted by Gasteiger charge is -2.06. The molecule has 0 saturated heterocycles. The van der Waals surface area contributed by atoms with Crippen LogP contribution in [0.5, 0.6) is 5.75 Å². The predicted molar refractivity (Wildman–Crippen MR) is 60.1 cm³/mol. The van der Waals surface area contributed by atoms with E-state index in [1.54, 1.807) is 6.07 Å². The zero-order chi connectivity index (χ0) is 12.4. The van der Waals surface area contributed by atoms with Crippen LogP contribution in [0.3, 0.4) is 0 Å². The fourth-order valence-electron chi connectivity index (χ4n) is 1.44. The summed E-state index contributed by atoms with van der Waals surface area (Å²) in [6, 6.07) is 4.29. The predicted octanol–water partition coefficient (Wildman–Crippen LogP) is 1.50. The van der Waals surface area contributed by atoms with Crippen molar-refractivity contribution in [3.05, 3.63) is 33.9 Å². The molecule has 1 aliphatic carbocycles. The van der Waals surface area contributed by atoms with Crippen LogP contribution in [0.25, 0.3) is 0 Å². The molecule has 1 N–H and O–H groups in total. The Morgan fingerprint density at radius 1 is 1.53 bits per heavy atom. The van der Waals surface area contributed by atoms with Crippen LogP contribution in [-0.4, -0.2) is 24.0 Å². The maximum Gasteiger partial charge on any atom is 0.285 e. The Kier molecular flexibility index (Phi) is 2.95. The molecule has 6 nitrogen and oxygen atoms in total. The Balaban J connectivity index is 2.32. The van der Waals surface area contributed by atoms with Gasteiger partial charge in [-0.3, -0.25) is 14.9 Å². The van der Waals surface area contributed by atoms with E-state index < -0.39 is 10.8 Å². The molecular formula is C11H12N2O4. The summed E-state index contributed by atoms with van der Waals surface area (Å²) in [5, 5.41) is 13.2. The summed E-state index contributed by atoms with van der Waals surface area (Å²) < 4.78 is 5.45. The van der Waals surface area contributed by atoms with Crippen LogP contribution < -0.4 is 10.1 Å². The Labute approximate surface area is 97.7 Å². The Morgan fingerprint density at radius 2 is 2.24 bits per heavy atom. The topological polar surface area (TPSA) is 81.5 Å². The number of carbonyl (C=O) groups is 1. The van der Waals surface area contributed by atoms with Crippen LogP contribution in [0.2, 0.25) is 0 Å². The second kappa shape index (κ2) is 4.40. The van der Waals surface area contributed by atoms with Gasteiger partial charge in [0, 0.05) is 7.05 Å². The number of nitro benzene ring substituents is 1. The van der Waals surface area contributed by atoms with Crippen LogP contribution >= 0.6 is 0 Å². The van der Waals surface area contributed by atoms with E-state index in [0.717, 1.165) is 12.8 Å². The second-order valence-corrected chi connectivity index (χ2v) is 3.83. The van der Waals surface area contributed by atoms with Gasteiger partial charge in [-0.1, -0.05) is 0 Å². The third-order valence-electron chi connectivity index (χ3n) is 2.46. The Morgan fingerprint density at radius 3 is 2.76 bits per heavy atom. The monoisotopic (exact) mass is 236 g/mol. The summed E-state index contributed by atoms with van der Waals surface area (Å²) in [5.41, 5.74) is -0.192. The average Bonchev–Trinajstić information content (AvgIpc) is 3.12. The Hall–Kier alpha value is -2.11. The minimum absolute atomic E-state index is 0.0423. The quantitative estimate of drug-likeness (QED) is 0.634. The molecule has 0 bridgehead atoms. The van der Waals surface area contributed by atoms with E-state index in [2.05, 4.69) is 5.32 Å². The molecule has 0 unspecified atom stereocenters. The fraction of sp³-hybridized carbons (Fsp3) is 0.364. The lowest BCUT2D eigenvalue weighted by molar-refractivity contribution is -0.385. The molecule has 0 radical (unpaired) electrons. The number of hydrogen-bond donors (Lipinski definition) is 1. The molecule has 6 heteroatoms. The van der Waals surface area contributed by atoms with Crippen LogP contribution in [0.15, 0.2) is 18.2 Å². The van der Waals surface area contributed by atoms with Gasteiger partial charge in [-0.15, -0.1) is 0 Å². The zero-order valence-corrected chi connectivity index (χ0v) is 9.30. The smallest absolute Gasteiger partial charge is 0.285 e. The zero-order valence-electron chi connectivity index (χ0n) is 9.30. The molecule has 1 amide bonds. The number of hydrogen-bond acceptors (Lipinski definition) is 4. The summed E-state index contributed by atoms with van der Waals surface area (Å²) >= 11 is 0. The van der Waals surface area contributed by atoms with Crippen molar-refractivity contribution in [3.63, 3.8) is 0 Å². The largest absolute Gasteiger partial charge is 0.490 e. The van der Waals surface area contributed by atoms with Crippen molar-refractivity contribution in [1.29, 1.82) is 0 Å². The second-order valence-electron chi connectivity index (χ2n) is 3.83. The van der Waals surface area contributed by atoms with Crippen molar-refractivity contribution in [3.8, 4) is 5.75 Å². The highest BCUT2D eigenvalue weighted by molar-refractivity contribution is 5.98. The van der Waals surface area contributed by atoms with Gasteiger partial charge in [-0.05, 0) is 25.0 Å². The summed E-state index contributed by atoms with van der Waals surface area (Å²) in [6.07, 6.45) is 2.12. The lowest BCUT2D eigenvalue weighted by Crippen LogP contribution is -2.19. The first-order valence-electron chi connectivity index (χ1n) is 5.29. The van der Waals surface area contributed by atoms with E-state index in [0.29, 0.717) is 5.75 Å².